The Balaban J connectivity index is 4.73. The topological polar surface area (TPSA) is 47.6 Å². The molecule has 1 atom stereocenters. The molecule has 1 N–H and O–H groups in total. The van der Waals surface area contributed by atoms with Gasteiger partial charge in [0.25, 0.3) is 0 Å². The highest BCUT2D eigenvalue weighted by atomic mass is 31.2. The van der Waals surface area contributed by atoms with Gasteiger partial charge in [-0.2, -0.15) is 0 Å². The van der Waals surface area contributed by atoms with Gasteiger partial charge in [-0.1, -0.05) is 77.9 Å². The fraction of sp³-hybridized carbons (Fsp3) is 1.00. The van der Waals surface area contributed by atoms with Crippen molar-refractivity contribution in [2.45, 2.75) is 110 Å². The van der Waals surface area contributed by atoms with Crippen molar-refractivity contribution in [3.8, 4) is 0 Å². The molecule has 0 radical (unpaired) electrons. The van der Waals surface area contributed by atoms with Crippen LogP contribution in [0.15, 0.2) is 0 Å². The van der Waals surface area contributed by atoms with Crippen LogP contribution in [0.1, 0.15) is 85.5 Å². The molecule has 0 fully saturated rings. The zero-order chi connectivity index (χ0) is 19.4. The molecule has 0 aliphatic rings. The maximum atomic E-state index is 13.5. The van der Waals surface area contributed by atoms with Crippen LogP contribution in [0.5, 0.6) is 0 Å². The van der Waals surface area contributed by atoms with Crippen molar-refractivity contribution < 1.29 is 13.6 Å². The molecule has 0 heterocycles. The predicted octanol–water partition coefficient (Wildman–Crippen LogP) is 6.92. The van der Waals surface area contributed by atoms with Crippen LogP contribution in [0, 0.1) is 0 Å². The van der Waals surface area contributed by atoms with E-state index in [2.05, 4.69) is 31.5 Å². The zero-order valence-corrected chi connectivity index (χ0v) is 19.8. The molecule has 0 aromatic carbocycles. The summed E-state index contributed by atoms with van der Waals surface area (Å²) in [6.45, 7) is 15.6. The Morgan fingerprint density at radius 1 is 0.840 bits per heavy atom. The number of hydrogen-bond acceptors (Lipinski definition) is 4. The molecule has 0 aliphatic carbocycles. The SMILES string of the molecule is CCCCCCCCCCC(C)(N[Si](C)(C)C)P(=O)(OCC)OCC. The Kier molecular flexibility index (Phi) is 12.8. The molecule has 6 heteroatoms. The third kappa shape index (κ3) is 10.3. The monoisotopic (exact) mass is 393 g/mol. The average Bonchev–Trinajstić information content (AvgIpc) is 2.48. The molecule has 0 aromatic heterocycles. The van der Waals surface area contributed by atoms with Crippen LogP contribution in [0.4, 0.5) is 0 Å². The number of hydrogen-bond donors (Lipinski definition) is 1. The molecular weight excluding hydrogens is 349 g/mol. The van der Waals surface area contributed by atoms with Crippen LogP contribution in [-0.4, -0.2) is 26.7 Å². The van der Waals surface area contributed by atoms with Gasteiger partial charge >= 0.3 is 7.60 Å². The number of nitrogens with one attached hydrogen (secondary N) is 1. The van der Waals surface area contributed by atoms with Gasteiger partial charge in [0.15, 0.2) is 0 Å². The molecule has 0 aromatic rings. The molecule has 1 unspecified atom stereocenters. The van der Waals surface area contributed by atoms with Crippen molar-refractivity contribution in [3.63, 3.8) is 0 Å². The molecule has 0 aliphatic heterocycles. The van der Waals surface area contributed by atoms with Crippen molar-refractivity contribution in [1.82, 2.24) is 4.98 Å². The summed E-state index contributed by atoms with van der Waals surface area (Å²) in [7, 11) is -4.82. The molecule has 0 saturated carbocycles. The van der Waals surface area contributed by atoms with E-state index in [9.17, 15) is 4.57 Å². The summed E-state index contributed by atoms with van der Waals surface area (Å²) in [5.41, 5.74) is 0. The third-order valence-electron chi connectivity index (χ3n) is 4.36. The van der Waals surface area contributed by atoms with Gasteiger partial charge in [0.1, 0.15) is 13.5 Å². The Morgan fingerprint density at radius 3 is 1.68 bits per heavy atom. The lowest BCUT2D eigenvalue weighted by Crippen LogP contribution is -2.55. The van der Waals surface area contributed by atoms with Gasteiger partial charge in [-0.05, 0) is 27.2 Å². The predicted molar refractivity (Wildman–Crippen MR) is 113 cm³/mol. The van der Waals surface area contributed by atoms with E-state index in [-0.39, 0.29) is 0 Å². The summed E-state index contributed by atoms with van der Waals surface area (Å²) in [5.74, 6) is 0. The largest absolute Gasteiger partial charge is 0.349 e. The van der Waals surface area contributed by atoms with E-state index in [0.717, 1.165) is 12.8 Å². The van der Waals surface area contributed by atoms with Crippen molar-refractivity contribution in [1.29, 1.82) is 0 Å². The molecule has 0 spiro atoms. The van der Waals surface area contributed by atoms with Gasteiger partial charge in [0.2, 0.25) is 0 Å². The first-order chi connectivity index (χ1) is 11.6. The highest BCUT2D eigenvalue weighted by Crippen LogP contribution is 2.60. The van der Waals surface area contributed by atoms with Gasteiger partial charge in [0.05, 0.1) is 13.2 Å². The summed E-state index contributed by atoms with van der Waals surface area (Å²) < 4.78 is 24.9. The first kappa shape index (κ1) is 25.3. The Hall–Kier alpha value is 0.327. The highest BCUT2D eigenvalue weighted by Gasteiger charge is 2.48. The van der Waals surface area contributed by atoms with E-state index >= 15 is 0 Å². The lowest BCUT2D eigenvalue weighted by molar-refractivity contribution is 0.191. The van der Waals surface area contributed by atoms with Crippen LogP contribution >= 0.6 is 7.60 Å². The van der Waals surface area contributed by atoms with Crippen molar-refractivity contribution in [2.75, 3.05) is 13.2 Å². The summed E-state index contributed by atoms with van der Waals surface area (Å²) >= 11 is 0. The zero-order valence-electron chi connectivity index (χ0n) is 18.0. The fourth-order valence-electron chi connectivity index (χ4n) is 3.34. The van der Waals surface area contributed by atoms with Crippen LogP contribution in [0.25, 0.3) is 0 Å². The Bertz CT molecular complexity index is 377. The van der Waals surface area contributed by atoms with Gasteiger partial charge in [-0.15, -0.1) is 0 Å². The second-order valence-corrected chi connectivity index (χ2v) is 15.5. The van der Waals surface area contributed by atoms with Crippen molar-refractivity contribution >= 4 is 15.8 Å². The summed E-state index contributed by atoms with van der Waals surface area (Å²) in [4.78, 5) is 3.69. The molecule has 4 nitrogen and oxygen atoms in total. The van der Waals surface area contributed by atoms with Gasteiger partial charge < -0.3 is 14.0 Å². The van der Waals surface area contributed by atoms with E-state index in [1.165, 1.54) is 44.9 Å². The van der Waals surface area contributed by atoms with Crippen molar-refractivity contribution in [2.24, 2.45) is 0 Å². The summed E-state index contributed by atoms with van der Waals surface area (Å²) in [5, 5.41) is -0.592. The second kappa shape index (κ2) is 12.7. The Morgan fingerprint density at radius 2 is 1.28 bits per heavy atom. The molecule has 0 rings (SSSR count). The normalized spacial score (nSPS) is 15.3. The number of unbranched alkanes of at least 4 members (excludes halogenated alkanes) is 7. The van der Waals surface area contributed by atoms with Crippen LogP contribution < -0.4 is 4.98 Å². The smallest absolute Gasteiger partial charge is 0.322 e. The van der Waals surface area contributed by atoms with E-state index in [4.69, 9.17) is 9.05 Å². The summed E-state index contributed by atoms with van der Waals surface area (Å²) in [6.07, 6.45) is 11.0. The standard InChI is InChI=1S/C19H44NO3PSi/c1-8-11-12-13-14-15-16-17-18-19(4,20-25(5,6)7)24(21,22-9-2)23-10-3/h20H,8-18H2,1-7H3. The van der Waals surface area contributed by atoms with Crippen LogP contribution in [-0.2, 0) is 13.6 Å². The first-order valence-corrected chi connectivity index (χ1v) is 15.4. The highest BCUT2D eigenvalue weighted by molar-refractivity contribution is 7.55. The molecule has 25 heavy (non-hydrogen) atoms. The van der Waals surface area contributed by atoms with Crippen molar-refractivity contribution in [3.05, 3.63) is 0 Å². The minimum absolute atomic E-state index is 0.414. The maximum Gasteiger partial charge on any atom is 0.349 e. The second-order valence-electron chi connectivity index (χ2n) is 8.21. The average molecular weight is 394 g/mol. The lowest BCUT2D eigenvalue weighted by Gasteiger charge is -2.41. The molecule has 152 valence electrons. The number of rotatable bonds is 16. The van der Waals surface area contributed by atoms with Gasteiger partial charge in [-0.25, -0.2) is 0 Å². The maximum absolute atomic E-state index is 13.5. The first-order valence-electron chi connectivity index (χ1n) is 10.3. The molecule has 0 bridgehead atoms. The van der Waals surface area contributed by atoms with Crippen LogP contribution in [0.3, 0.4) is 0 Å². The van der Waals surface area contributed by atoms with E-state index in [0.29, 0.717) is 13.2 Å². The lowest BCUT2D eigenvalue weighted by atomic mass is 10.1. The van der Waals surface area contributed by atoms with Gasteiger partial charge in [-0.3, -0.25) is 4.57 Å². The summed E-state index contributed by atoms with van der Waals surface area (Å²) in [6, 6.07) is 0. The molecule has 0 amide bonds. The quantitative estimate of drug-likeness (QED) is 0.175. The minimum Gasteiger partial charge on any atom is -0.322 e. The van der Waals surface area contributed by atoms with Crippen LogP contribution in [0.2, 0.25) is 19.6 Å². The fourth-order valence-corrected chi connectivity index (χ4v) is 8.39. The van der Waals surface area contributed by atoms with E-state index in [1.54, 1.807) is 0 Å². The van der Waals surface area contributed by atoms with E-state index < -0.39 is 21.1 Å². The Labute approximate surface area is 158 Å². The van der Waals surface area contributed by atoms with E-state index in [1.807, 2.05) is 20.8 Å². The third-order valence-corrected chi connectivity index (χ3v) is 8.62. The minimum atomic E-state index is -3.18. The molecule has 0 saturated heterocycles. The van der Waals surface area contributed by atoms with Gasteiger partial charge in [0, 0.05) is 0 Å². The molecular formula is C19H44NO3PSi.